The summed E-state index contributed by atoms with van der Waals surface area (Å²) in [4.78, 5) is 10.4. The Bertz CT molecular complexity index is 649. The smallest absolute Gasteiger partial charge is 0.303 e. The van der Waals surface area contributed by atoms with Gasteiger partial charge in [-0.1, -0.05) is 36.4 Å². The Morgan fingerprint density at radius 2 is 1.57 bits per heavy atom. The van der Waals surface area contributed by atoms with Crippen LogP contribution in [-0.4, -0.2) is 17.7 Å². The van der Waals surface area contributed by atoms with Crippen molar-refractivity contribution in [2.75, 3.05) is 6.61 Å². The van der Waals surface area contributed by atoms with Crippen LogP contribution in [0.3, 0.4) is 0 Å². The van der Waals surface area contributed by atoms with E-state index < -0.39 is 24.7 Å². The highest BCUT2D eigenvalue weighted by atomic mass is 19.3. The number of carbonyl (C=O) groups is 1. The first-order valence-electron chi connectivity index (χ1n) is 7.36. The van der Waals surface area contributed by atoms with Crippen LogP contribution in [0.1, 0.15) is 25.3 Å². The van der Waals surface area contributed by atoms with E-state index in [1.807, 2.05) is 31.2 Å². The van der Waals surface area contributed by atoms with E-state index in [2.05, 4.69) is 0 Å². The molecule has 3 nitrogen and oxygen atoms in total. The van der Waals surface area contributed by atoms with E-state index >= 15 is 0 Å². The first-order valence-corrected chi connectivity index (χ1v) is 7.36. The van der Waals surface area contributed by atoms with Crippen LogP contribution in [-0.2, 0) is 10.7 Å². The Balaban J connectivity index is 2.13. The molecule has 0 unspecified atom stereocenters. The van der Waals surface area contributed by atoms with Crippen LogP contribution >= 0.6 is 0 Å². The quantitative estimate of drug-likeness (QED) is 0.803. The van der Waals surface area contributed by atoms with Crippen LogP contribution in [0.4, 0.5) is 8.78 Å². The molecule has 2 rings (SSSR count). The molecule has 0 aliphatic carbocycles. The molecule has 0 saturated carbocycles. The molecule has 0 fully saturated rings. The van der Waals surface area contributed by atoms with Crippen molar-refractivity contribution in [1.29, 1.82) is 0 Å². The molecule has 5 heteroatoms. The molecule has 1 N–H and O–H groups in total. The van der Waals surface area contributed by atoms with E-state index in [1.165, 1.54) is 12.1 Å². The van der Waals surface area contributed by atoms with Gasteiger partial charge in [0.1, 0.15) is 5.75 Å². The van der Waals surface area contributed by atoms with Crippen molar-refractivity contribution < 1.29 is 23.4 Å². The van der Waals surface area contributed by atoms with Gasteiger partial charge in [0, 0.05) is 12.0 Å². The number of rotatable bonds is 7. The minimum absolute atomic E-state index is 0.173. The summed E-state index contributed by atoms with van der Waals surface area (Å²) in [5.41, 5.74) is 1.54. The Morgan fingerprint density at radius 3 is 2.04 bits per heavy atom. The van der Waals surface area contributed by atoms with Gasteiger partial charge in [0.15, 0.2) is 0 Å². The lowest BCUT2D eigenvalue weighted by Crippen LogP contribution is -2.15. The Hall–Kier alpha value is -2.43. The summed E-state index contributed by atoms with van der Waals surface area (Å²) in [6.45, 7) is 2.48. The first-order chi connectivity index (χ1) is 10.9. The van der Waals surface area contributed by atoms with Crippen molar-refractivity contribution in [2.24, 2.45) is 0 Å². The SMILES string of the molecule is CCOc1ccc(-c2ccc(C(F)(F)CCC(=O)O)cc2)cc1. The van der Waals surface area contributed by atoms with Crippen LogP contribution in [0.2, 0.25) is 0 Å². The van der Waals surface area contributed by atoms with E-state index in [4.69, 9.17) is 9.84 Å². The molecule has 0 atom stereocenters. The van der Waals surface area contributed by atoms with Crippen molar-refractivity contribution in [1.82, 2.24) is 0 Å². The molecular formula is C18H18F2O3. The van der Waals surface area contributed by atoms with Gasteiger partial charge in [-0.3, -0.25) is 4.79 Å². The van der Waals surface area contributed by atoms with Crippen molar-refractivity contribution in [3.8, 4) is 16.9 Å². The fraction of sp³-hybridized carbons (Fsp3) is 0.278. The third kappa shape index (κ3) is 4.52. The van der Waals surface area contributed by atoms with Crippen molar-refractivity contribution in [3.05, 3.63) is 54.1 Å². The summed E-state index contributed by atoms with van der Waals surface area (Å²) in [5.74, 6) is -3.61. The number of alkyl halides is 2. The minimum atomic E-state index is -3.14. The van der Waals surface area contributed by atoms with Gasteiger partial charge in [-0.15, -0.1) is 0 Å². The van der Waals surface area contributed by atoms with E-state index in [-0.39, 0.29) is 5.56 Å². The molecule has 0 aliphatic heterocycles. The number of ether oxygens (including phenoxy) is 1. The monoisotopic (exact) mass is 320 g/mol. The average molecular weight is 320 g/mol. The van der Waals surface area contributed by atoms with Crippen molar-refractivity contribution >= 4 is 5.97 Å². The molecule has 0 spiro atoms. The number of aliphatic carboxylic acids is 1. The fourth-order valence-corrected chi connectivity index (χ4v) is 2.23. The number of benzene rings is 2. The minimum Gasteiger partial charge on any atom is -0.494 e. The van der Waals surface area contributed by atoms with Gasteiger partial charge in [-0.05, 0) is 30.2 Å². The second kappa shape index (κ2) is 7.22. The van der Waals surface area contributed by atoms with E-state index in [0.29, 0.717) is 6.61 Å². The molecule has 0 heterocycles. The highest BCUT2D eigenvalue weighted by Crippen LogP contribution is 2.34. The first kappa shape index (κ1) is 16.9. The van der Waals surface area contributed by atoms with Gasteiger partial charge in [0.2, 0.25) is 0 Å². The molecule has 23 heavy (non-hydrogen) atoms. The molecule has 2 aromatic rings. The maximum atomic E-state index is 13.9. The van der Waals surface area contributed by atoms with Gasteiger partial charge in [0.25, 0.3) is 5.92 Å². The molecular weight excluding hydrogens is 302 g/mol. The van der Waals surface area contributed by atoms with Crippen LogP contribution in [0.5, 0.6) is 5.75 Å². The molecule has 0 aliphatic rings. The summed E-state index contributed by atoms with van der Waals surface area (Å²) in [6.07, 6.45) is -1.27. The molecule has 0 saturated heterocycles. The summed E-state index contributed by atoms with van der Waals surface area (Å²) < 4.78 is 33.2. The van der Waals surface area contributed by atoms with Gasteiger partial charge < -0.3 is 9.84 Å². The zero-order valence-electron chi connectivity index (χ0n) is 12.8. The topological polar surface area (TPSA) is 46.5 Å². The molecule has 0 aromatic heterocycles. The predicted octanol–water partition coefficient (Wildman–Crippen LogP) is 4.71. The summed E-state index contributed by atoms with van der Waals surface area (Å²) in [7, 11) is 0. The van der Waals surface area contributed by atoms with E-state index in [0.717, 1.165) is 16.9 Å². The van der Waals surface area contributed by atoms with Gasteiger partial charge in [-0.25, -0.2) is 8.78 Å². The highest BCUT2D eigenvalue weighted by molar-refractivity contribution is 5.67. The number of hydrogen-bond donors (Lipinski definition) is 1. The molecule has 0 radical (unpaired) electrons. The van der Waals surface area contributed by atoms with Crippen LogP contribution in [0, 0.1) is 0 Å². The second-order valence-electron chi connectivity index (χ2n) is 5.13. The Labute approximate surface area is 133 Å². The second-order valence-corrected chi connectivity index (χ2v) is 5.13. The fourth-order valence-electron chi connectivity index (χ4n) is 2.23. The maximum Gasteiger partial charge on any atom is 0.303 e. The van der Waals surface area contributed by atoms with Crippen molar-refractivity contribution in [3.63, 3.8) is 0 Å². The van der Waals surface area contributed by atoms with Gasteiger partial charge in [-0.2, -0.15) is 0 Å². The van der Waals surface area contributed by atoms with Crippen LogP contribution < -0.4 is 4.74 Å². The summed E-state index contributed by atoms with van der Waals surface area (Å²) >= 11 is 0. The standard InChI is InChI=1S/C18H18F2O3/c1-2-23-16-9-5-14(6-10-16)13-3-7-15(8-4-13)18(19,20)12-11-17(21)22/h3-10H,2,11-12H2,1H3,(H,21,22). The Kier molecular flexibility index (Phi) is 5.32. The predicted molar refractivity (Wildman–Crippen MR) is 83.8 cm³/mol. The van der Waals surface area contributed by atoms with E-state index in [1.54, 1.807) is 12.1 Å². The normalized spacial score (nSPS) is 11.3. The number of carboxylic acid groups (broad SMARTS) is 1. The molecule has 122 valence electrons. The van der Waals surface area contributed by atoms with Crippen LogP contribution in [0.15, 0.2) is 48.5 Å². The maximum absolute atomic E-state index is 13.9. The summed E-state index contributed by atoms with van der Waals surface area (Å²) in [6, 6.07) is 13.3. The lowest BCUT2D eigenvalue weighted by molar-refractivity contribution is -0.139. The third-order valence-corrected chi connectivity index (χ3v) is 3.46. The zero-order chi connectivity index (χ0) is 16.9. The highest BCUT2D eigenvalue weighted by Gasteiger charge is 2.31. The third-order valence-electron chi connectivity index (χ3n) is 3.46. The average Bonchev–Trinajstić information content (AvgIpc) is 2.54. The zero-order valence-corrected chi connectivity index (χ0v) is 12.8. The van der Waals surface area contributed by atoms with E-state index in [9.17, 15) is 13.6 Å². The Morgan fingerprint density at radius 1 is 1.04 bits per heavy atom. The number of carboxylic acids is 1. The number of halogens is 2. The van der Waals surface area contributed by atoms with Crippen molar-refractivity contribution in [2.45, 2.75) is 25.7 Å². The van der Waals surface area contributed by atoms with Gasteiger partial charge in [0.05, 0.1) is 13.0 Å². The lowest BCUT2D eigenvalue weighted by Gasteiger charge is -2.16. The molecule has 0 amide bonds. The molecule has 0 bridgehead atoms. The lowest BCUT2D eigenvalue weighted by atomic mass is 9.99. The molecule has 2 aromatic carbocycles. The van der Waals surface area contributed by atoms with Crippen LogP contribution in [0.25, 0.3) is 11.1 Å². The van der Waals surface area contributed by atoms with Gasteiger partial charge >= 0.3 is 5.97 Å². The largest absolute Gasteiger partial charge is 0.494 e. The summed E-state index contributed by atoms with van der Waals surface area (Å²) in [5, 5.41) is 8.53. The number of hydrogen-bond acceptors (Lipinski definition) is 2.